The van der Waals surface area contributed by atoms with E-state index in [1.807, 2.05) is 0 Å². The topological polar surface area (TPSA) is 20.2 Å². The second kappa shape index (κ2) is 18.0. The third-order valence-corrected chi connectivity index (χ3v) is 4.78. The van der Waals surface area contributed by atoms with Gasteiger partial charge in [-0.1, -0.05) is 97.1 Å². The number of rotatable bonds is 17. The van der Waals surface area contributed by atoms with Crippen molar-refractivity contribution in [2.24, 2.45) is 5.92 Å². The van der Waals surface area contributed by atoms with Crippen LogP contribution in [0.3, 0.4) is 0 Å². The van der Waals surface area contributed by atoms with Gasteiger partial charge in [0, 0.05) is 0 Å². The van der Waals surface area contributed by atoms with Gasteiger partial charge in [0.2, 0.25) is 0 Å². The first-order valence-corrected chi connectivity index (χ1v) is 10.5. The Morgan fingerprint density at radius 1 is 0.652 bits per heavy atom. The Balaban J connectivity index is 3.14. The maximum absolute atomic E-state index is 9.73. The molecular formula is C22H44O. The van der Waals surface area contributed by atoms with Gasteiger partial charge in [0.05, 0.1) is 6.10 Å². The molecule has 0 bridgehead atoms. The van der Waals surface area contributed by atoms with Gasteiger partial charge in [-0.3, -0.25) is 0 Å². The van der Waals surface area contributed by atoms with Gasteiger partial charge in [0.15, 0.2) is 0 Å². The van der Waals surface area contributed by atoms with Crippen molar-refractivity contribution in [1.82, 2.24) is 0 Å². The molecule has 0 unspecified atom stereocenters. The Bertz CT molecular complexity index is 244. The van der Waals surface area contributed by atoms with Gasteiger partial charge < -0.3 is 5.11 Å². The fraction of sp³-hybridized carbons (Fsp3) is 0.909. The molecule has 0 aromatic rings. The molecule has 0 saturated carbocycles. The lowest BCUT2D eigenvalue weighted by Gasteiger charge is -2.13. The molecule has 1 N–H and O–H groups in total. The third-order valence-electron chi connectivity index (χ3n) is 4.78. The van der Waals surface area contributed by atoms with Crippen LogP contribution in [-0.4, -0.2) is 11.2 Å². The largest absolute Gasteiger partial charge is 0.393 e. The lowest BCUT2D eigenvalue weighted by atomic mass is 10.00. The van der Waals surface area contributed by atoms with E-state index in [2.05, 4.69) is 32.9 Å². The summed E-state index contributed by atoms with van der Waals surface area (Å²) < 4.78 is 0. The molecule has 0 amide bonds. The van der Waals surface area contributed by atoms with E-state index in [0.29, 0.717) is 5.92 Å². The van der Waals surface area contributed by atoms with Crippen molar-refractivity contribution in [2.75, 3.05) is 0 Å². The molecule has 0 aliphatic heterocycles. The Morgan fingerprint density at radius 2 is 1.09 bits per heavy atom. The van der Waals surface area contributed by atoms with Crippen molar-refractivity contribution >= 4 is 0 Å². The molecular weight excluding hydrogens is 280 g/mol. The summed E-state index contributed by atoms with van der Waals surface area (Å²) in [7, 11) is 0. The fourth-order valence-corrected chi connectivity index (χ4v) is 2.93. The molecule has 0 saturated heterocycles. The molecule has 0 heterocycles. The van der Waals surface area contributed by atoms with Gasteiger partial charge in [-0.25, -0.2) is 0 Å². The average molecular weight is 325 g/mol. The molecule has 0 spiro atoms. The second-order valence-electron chi connectivity index (χ2n) is 7.54. The normalized spacial score (nSPS) is 13.3. The predicted molar refractivity (Wildman–Crippen MR) is 105 cm³/mol. The minimum atomic E-state index is -0.0930. The zero-order valence-corrected chi connectivity index (χ0v) is 16.4. The van der Waals surface area contributed by atoms with E-state index in [-0.39, 0.29) is 6.10 Å². The number of aliphatic hydroxyl groups excluding tert-OH is 1. The molecule has 0 radical (unpaired) electrons. The molecule has 1 nitrogen and oxygen atoms in total. The van der Waals surface area contributed by atoms with Crippen molar-refractivity contribution in [3.63, 3.8) is 0 Å². The van der Waals surface area contributed by atoms with E-state index in [9.17, 15) is 5.11 Å². The van der Waals surface area contributed by atoms with Crippen LogP contribution in [0.2, 0.25) is 0 Å². The number of unbranched alkanes of at least 4 members (excludes halogenated alkanes) is 12. The highest BCUT2D eigenvalue weighted by molar-refractivity contribution is 4.81. The van der Waals surface area contributed by atoms with Crippen molar-refractivity contribution < 1.29 is 5.11 Å². The first-order chi connectivity index (χ1) is 11.2. The number of aliphatic hydroxyl groups is 1. The van der Waals surface area contributed by atoms with Gasteiger partial charge in [-0.15, -0.1) is 0 Å². The van der Waals surface area contributed by atoms with Crippen molar-refractivity contribution in [1.29, 1.82) is 0 Å². The first kappa shape index (κ1) is 22.7. The zero-order valence-electron chi connectivity index (χ0n) is 16.4. The molecule has 138 valence electrons. The molecule has 23 heavy (non-hydrogen) atoms. The monoisotopic (exact) mass is 324 g/mol. The number of hydrogen-bond acceptors (Lipinski definition) is 1. The van der Waals surface area contributed by atoms with Crippen LogP contribution in [-0.2, 0) is 0 Å². The lowest BCUT2D eigenvalue weighted by molar-refractivity contribution is 0.113. The van der Waals surface area contributed by atoms with E-state index in [1.165, 1.54) is 89.9 Å². The highest BCUT2D eigenvalue weighted by atomic mass is 16.3. The molecule has 0 fully saturated rings. The first-order valence-electron chi connectivity index (χ1n) is 10.5. The minimum Gasteiger partial charge on any atom is -0.393 e. The molecule has 0 aromatic heterocycles. The highest BCUT2D eigenvalue weighted by Gasteiger charge is 2.07. The molecule has 0 aliphatic rings. The van der Waals surface area contributed by atoms with Crippen LogP contribution >= 0.6 is 0 Å². The Hall–Kier alpha value is -0.300. The van der Waals surface area contributed by atoms with Crippen LogP contribution in [0.25, 0.3) is 0 Å². The van der Waals surface area contributed by atoms with Gasteiger partial charge in [-0.05, 0) is 38.0 Å². The van der Waals surface area contributed by atoms with Gasteiger partial charge in [-0.2, -0.15) is 0 Å². The van der Waals surface area contributed by atoms with E-state index in [0.717, 1.165) is 6.42 Å². The minimum absolute atomic E-state index is 0.0930. The second-order valence-corrected chi connectivity index (χ2v) is 7.54. The van der Waals surface area contributed by atoms with Crippen LogP contribution in [0.4, 0.5) is 0 Å². The van der Waals surface area contributed by atoms with Crippen molar-refractivity contribution in [3.05, 3.63) is 12.2 Å². The summed E-state index contributed by atoms with van der Waals surface area (Å²) in [6, 6.07) is 0. The molecule has 0 aromatic carbocycles. The maximum Gasteiger partial charge on any atom is 0.0563 e. The number of hydrogen-bond donors (Lipinski definition) is 1. The summed E-state index contributed by atoms with van der Waals surface area (Å²) >= 11 is 0. The van der Waals surface area contributed by atoms with Crippen LogP contribution in [0.5, 0.6) is 0 Å². The summed E-state index contributed by atoms with van der Waals surface area (Å²) in [5, 5.41) is 9.73. The van der Waals surface area contributed by atoms with E-state index >= 15 is 0 Å². The van der Waals surface area contributed by atoms with Crippen molar-refractivity contribution in [3.8, 4) is 0 Å². The maximum atomic E-state index is 9.73. The summed E-state index contributed by atoms with van der Waals surface area (Å²) in [6.07, 6.45) is 24.5. The van der Waals surface area contributed by atoms with Gasteiger partial charge in [0.1, 0.15) is 0 Å². The fourth-order valence-electron chi connectivity index (χ4n) is 2.93. The third kappa shape index (κ3) is 17.9. The van der Waals surface area contributed by atoms with E-state index < -0.39 is 0 Å². The smallest absolute Gasteiger partial charge is 0.0563 e. The van der Waals surface area contributed by atoms with E-state index in [4.69, 9.17) is 0 Å². The Kier molecular flexibility index (Phi) is 17.8. The number of allylic oxidation sites excluding steroid dienone is 2. The van der Waals surface area contributed by atoms with Crippen LogP contribution in [0.1, 0.15) is 117 Å². The van der Waals surface area contributed by atoms with Gasteiger partial charge in [0.25, 0.3) is 0 Å². The standard InChI is InChI=1S/C22H44O/c1-4-5-6-7-8-9-10-11-12-13-14-15-16-17-18-19-20-22(23)21(2)3/h12-13,21-23H,4-11,14-20H2,1-3H3/b13-12+/t22-/m0/s1. The SMILES string of the molecule is CCCCCCCCC/C=C/CCCCCCC[C@H](O)C(C)C. The lowest BCUT2D eigenvalue weighted by Crippen LogP contribution is -2.13. The average Bonchev–Trinajstić information content (AvgIpc) is 2.54. The van der Waals surface area contributed by atoms with Crippen LogP contribution in [0.15, 0.2) is 12.2 Å². The summed E-state index contributed by atoms with van der Waals surface area (Å²) in [6.45, 7) is 6.48. The van der Waals surface area contributed by atoms with Crippen molar-refractivity contribution in [2.45, 2.75) is 123 Å². The quantitative estimate of drug-likeness (QED) is 0.218. The Labute approximate surface area is 147 Å². The molecule has 0 aliphatic carbocycles. The van der Waals surface area contributed by atoms with Crippen LogP contribution in [0, 0.1) is 5.92 Å². The van der Waals surface area contributed by atoms with E-state index in [1.54, 1.807) is 0 Å². The van der Waals surface area contributed by atoms with Gasteiger partial charge >= 0.3 is 0 Å². The predicted octanol–water partition coefficient (Wildman–Crippen LogP) is 7.43. The van der Waals surface area contributed by atoms with Crippen LogP contribution < -0.4 is 0 Å². The zero-order chi connectivity index (χ0) is 17.2. The highest BCUT2D eigenvalue weighted by Crippen LogP contribution is 2.13. The summed E-state index contributed by atoms with van der Waals surface area (Å²) in [5.74, 6) is 0.413. The molecule has 1 atom stereocenters. The molecule has 1 heteroatoms. The molecule has 0 rings (SSSR count). The summed E-state index contributed by atoms with van der Waals surface area (Å²) in [4.78, 5) is 0. The summed E-state index contributed by atoms with van der Waals surface area (Å²) in [5.41, 5.74) is 0. The Morgan fingerprint density at radius 3 is 1.57 bits per heavy atom.